The van der Waals surface area contributed by atoms with E-state index in [1.807, 2.05) is 0 Å². The number of carbonyl (C=O) groups excluding carboxylic acids is 3. The molecule has 8 N–H and O–H groups in total. The molecule has 0 heterocycles. The molecule has 0 aromatic heterocycles. The number of amides is 3. The van der Waals surface area contributed by atoms with Crippen molar-refractivity contribution in [1.29, 1.82) is 0 Å². The first-order valence-corrected chi connectivity index (χ1v) is 10.7. The van der Waals surface area contributed by atoms with Gasteiger partial charge in [-0.25, -0.2) is 4.79 Å². The normalized spacial score (nSPS) is 15.1. The number of carboxylic acid groups (broad SMARTS) is 1. The first-order chi connectivity index (χ1) is 13.6. The molecule has 168 valence electrons. The molecular weight excluding hydrogens is 418 g/mol. The Morgan fingerprint density at radius 1 is 0.897 bits per heavy atom. The lowest BCUT2D eigenvalue weighted by Crippen LogP contribution is -2.58. The lowest BCUT2D eigenvalue weighted by atomic mass is 10.0. The minimum atomic E-state index is -1.18. The van der Waals surface area contributed by atoms with Crippen molar-refractivity contribution in [3.8, 4) is 0 Å². The third-order valence-corrected chi connectivity index (χ3v) is 4.92. The Bertz CT molecular complexity index is 564. The van der Waals surface area contributed by atoms with E-state index >= 15 is 0 Å². The van der Waals surface area contributed by atoms with E-state index in [1.54, 1.807) is 13.8 Å². The van der Waals surface area contributed by atoms with E-state index in [4.69, 9.17) is 11.5 Å². The Hall–Kier alpha value is -1.50. The number of nitrogens with two attached hydrogens (primary N) is 2. The summed E-state index contributed by atoms with van der Waals surface area (Å²) in [5.41, 5.74) is 11.1. The Labute approximate surface area is 182 Å². The van der Waals surface area contributed by atoms with Crippen LogP contribution in [-0.2, 0) is 19.2 Å². The second kappa shape index (κ2) is 14.5. The molecule has 0 aromatic carbocycles. The van der Waals surface area contributed by atoms with Crippen LogP contribution in [0.1, 0.15) is 33.1 Å². The van der Waals surface area contributed by atoms with E-state index in [0.29, 0.717) is 25.8 Å². The van der Waals surface area contributed by atoms with Gasteiger partial charge in [0.25, 0.3) is 0 Å². The zero-order valence-electron chi connectivity index (χ0n) is 16.8. The molecule has 3 amide bonds. The van der Waals surface area contributed by atoms with Gasteiger partial charge in [-0.1, -0.05) is 13.8 Å². The largest absolute Gasteiger partial charge is 0.480 e. The molecule has 0 rings (SSSR count). The average Bonchev–Trinajstić information content (AvgIpc) is 2.67. The summed E-state index contributed by atoms with van der Waals surface area (Å²) >= 11 is 8.03. The number of unbranched alkanes of at least 4 members (excludes halogenated alkanes) is 1. The van der Waals surface area contributed by atoms with Gasteiger partial charge in [-0.3, -0.25) is 14.4 Å². The van der Waals surface area contributed by atoms with E-state index in [-0.39, 0.29) is 17.4 Å². The minimum Gasteiger partial charge on any atom is -0.480 e. The molecule has 0 spiro atoms. The predicted molar refractivity (Wildman–Crippen MR) is 117 cm³/mol. The number of rotatable bonds is 14. The van der Waals surface area contributed by atoms with Gasteiger partial charge < -0.3 is 32.5 Å². The molecule has 0 aromatic rings. The van der Waals surface area contributed by atoms with Crippen molar-refractivity contribution in [3.63, 3.8) is 0 Å². The zero-order chi connectivity index (χ0) is 22.6. The maximum Gasteiger partial charge on any atom is 0.326 e. The highest BCUT2D eigenvalue weighted by Gasteiger charge is 2.30. The summed E-state index contributed by atoms with van der Waals surface area (Å²) in [5.74, 6) is -3.27. The Kier molecular flexibility index (Phi) is 13.7. The number of nitrogens with one attached hydrogen (secondary N) is 3. The van der Waals surface area contributed by atoms with Gasteiger partial charge in [0.15, 0.2) is 0 Å². The predicted octanol–water partition coefficient (Wildman–Crippen LogP) is -1.50. The van der Waals surface area contributed by atoms with Gasteiger partial charge >= 0.3 is 5.97 Å². The van der Waals surface area contributed by atoms with E-state index in [0.717, 1.165) is 0 Å². The molecule has 0 aliphatic carbocycles. The molecule has 4 unspecified atom stereocenters. The molecule has 0 saturated heterocycles. The molecule has 0 fully saturated rings. The van der Waals surface area contributed by atoms with Crippen molar-refractivity contribution >= 4 is 48.9 Å². The van der Waals surface area contributed by atoms with Crippen LogP contribution in [0.15, 0.2) is 0 Å². The molecule has 29 heavy (non-hydrogen) atoms. The smallest absolute Gasteiger partial charge is 0.326 e. The van der Waals surface area contributed by atoms with Crippen molar-refractivity contribution in [2.45, 2.75) is 57.3 Å². The first kappa shape index (κ1) is 27.5. The van der Waals surface area contributed by atoms with Crippen LogP contribution in [0.5, 0.6) is 0 Å². The number of carbonyl (C=O) groups is 4. The highest BCUT2D eigenvalue weighted by Crippen LogP contribution is 2.05. The molecule has 0 aliphatic rings. The topological polar surface area (TPSA) is 177 Å². The lowest BCUT2D eigenvalue weighted by molar-refractivity contribution is -0.143. The van der Waals surface area contributed by atoms with Gasteiger partial charge in [-0.2, -0.15) is 25.3 Å². The van der Waals surface area contributed by atoms with Crippen molar-refractivity contribution in [1.82, 2.24) is 16.0 Å². The average molecular weight is 452 g/mol. The van der Waals surface area contributed by atoms with Crippen molar-refractivity contribution in [2.75, 3.05) is 18.1 Å². The fourth-order valence-corrected chi connectivity index (χ4v) is 2.78. The number of carboxylic acids is 1. The highest BCUT2D eigenvalue weighted by atomic mass is 32.1. The zero-order valence-corrected chi connectivity index (χ0v) is 18.5. The van der Waals surface area contributed by atoms with Crippen LogP contribution >= 0.6 is 25.3 Å². The van der Waals surface area contributed by atoms with Crippen molar-refractivity contribution in [3.05, 3.63) is 0 Å². The minimum absolute atomic E-state index is 0.0539. The van der Waals surface area contributed by atoms with Crippen molar-refractivity contribution < 1.29 is 24.3 Å². The summed E-state index contributed by atoms with van der Waals surface area (Å²) in [6, 6.07) is -3.97. The van der Waals surface area contributed by atoms with E-state index in [9.17, 15) is 24.3 Å². The lowest BCUT2D eigenvalue weighted by Gasteiger charge is -2.25. The van der Waals surface area contributed by atoms with E-state index < -0.39 is 47.9 Å². The van der Waals surface area contributed by atoms with Gasteiger partial charge in [-0.05, 0) is 31.7 Å². The first-order valence-electron chi connectivity index (χ1n) is 9.40. The number of hydrogen-bond donors (Lipinski definition) is 8. The van der Waals surface area contributed by atoms with Crippen LogP contribution < -0.4 is 27.4 Å². The molecule has 0 aliphatic heterocycles. The number of hydrogen-bond acceptors (Lipinski definition) is 8. The van der Waals surface area contributed by atoms with Crippen LogP contribution in [0.4, 0.5) is 0 Å². The van der Waals surface area contributed by atoms with Gasteiger partial charge in [0.1, 0.15) is 18.1 Å². The van der Waals surface area contributed by atoms with Crippen LogP contribution in [0.3, 0.4) is 0 Å². The molecule has 10 nitrogen and oxygen atoms in total. The Morgan fingerprint density at radius 2 is 1.45 bits per heavy atom. The molecule has 0 saturated carbocycles. The fraction of sp³-hybridized carbons (Fsp3) is 0.765. The summed E-state index contributed by atoms with van der Waals surface area (Å²) in [7, 11) is 0. The highest BCUT2D eigenvalue weighted by molar-refractivity contribution is 7.80. The summed E-state index contributed by atoms with van der Waals surface area (Å²) < 4.78 is 0. The molecule has 0 bridgehead atoms. The second-order valence-corrected chi connectivity index (χ2v) is 7.68. The van der Waals surface area contributed by atoms with Crippen LogP contribution in [0.2, 0.25) is 0 Å². The summed E-state index contributed by atoms with van der Waals surface area (Å²) in [5, 5.41) is 16.7. The second-order valence-electron chi connectivity index (χ2n) is 6.95. The quantitative estimate of drug-likeness (QED) is 0.117. The summed E-state index contributed by atoms with van der Waals surface area (Å²) in [6.45, 7) is 3.74. The number of aliphatic carboxylic acids is 1. The third-order valence-electron chi connectivity index (χ3n) is 4.16. The molecular formula is C17H33N5O5S2. The summed E-state index contributed by atoms with van der Waals surface area (Å²) in [6.07, 6.45) is 1.54. The van der Waals surface area contributed by atoms with Gasteiger partial charge in [-0.15, -0.1) is 0 Å². The fourth-order valence-electron chi connectivity index (χ4n) is 2.36. The number of thiol groups is 2. The van der Waals surface area contributed by atoms with E-state index in [2.05, 4.69) is 41.2 Å². The summed E-state index contributed by atoms with van der Waals surface area (Å²) in [4.78, 5) is 48.4. The maximum atomic E-state index is 12.7. The maximum absolute atomic E-state index is 12.7. The Morgan fingerprint density at radius 3 is 1.90 bits per heavy atom. The third kappa shape index (κ3) is 10.2. The van der Waals surface area contributed by atoms with Crippen LogP contribution in [-0.4, -0.2) is 71.0 Å². The van der Waals surface area contributed by atoms with Crippen LogP contribution in [0, 0.1) is 5.92 Å². The molecule has 0 radical (unpaired) electrons. The monoisotopic (exact) mass is 451 g/mol. The molecule has 12 heteroatoms. The van der Waals surface area contributed by atoms with E-state index in [1.165, 1.54) is 0 Å². The molecule has 4 atom stereocenters. The van der Waals surface area contributed by atoms with Crippen LogP contribution in [0.25, 0.3) is 0 Å². The van der Waals surface area contributed by atoms with Crippen molar-refractivity contribution in [2.24, 2.45) is 17.4 Å². The Balaban J connectivity index is 5.16. The SMILES string of the molecule is CC(C)C(NC(=O)C(CS)NC(=O)C(CCCCN)NC(=O)C(N)CS)C(=O)O. The standard InChI is InChI=1S/C17H33N5O5S2/c1-9(2)13(17(26)27)22-16(25)12(8-29)21-15(24)11(5-3-4-6-18)20-14(23)10(19)7-28/h9-13,28-29H,3-8,18-19H2,1-2H3,(H,20,23)(H,21,24)(H,22,25)(H,26,27). The van der Waals surface area contributed by atoms with Gasteiger partial charge in [0, 0.05) is 11.5 Å². The van der Waals surface area contributed by atoms with Gasteiger partial charge in [0.2, 0.25) is 17.7 Å². The van der Waals surface area contributed by atoms with Gasteiger partial charge in [0.05, 0.1) is 6.04 Å².